The SMILES string of the molecule is COC(=O)c1ccc(N(N)N)cc1. The van der Waals surface area contributed by atoms with Crippen LogP contribution in [0.5, 0.6) is 0 Å². The maximum Gasteiger partial charge on any atom is 0.337 e. The average Bonchev–Trinajstić information content (AvgIpc) is 2.17. The smallest absolute Gasteiger partial charge is 0.337 e. The second-order valence-corrected chi connectivity index (χ2v) is 2.45. The van der Waals surface area contributed by atoms with Gasteiger partial charge >= 0.3 is 5.97 Å². The second-order valence-electron chi connectivity index (χ2n) is 2.45. The molecule has 0 atom stereocenters. The molecule has 1 aromatic carbocycles. The van der Waals surface area contributed by atoms with Gasteiger partial charge in [0.05, 0.1) is 18.4 Å². The Morgan fingerprint density at radius 1 is 1.31 bits per heavy atom. The lowest BCUT2D eigenvalue weighted by Gasteiger charge is -2.10. The van der Waals surface area contributed by atoms with Crippen molar-refractivity contribution >= 4 is 11.7 Å². The molecule has 0 radical (unpaired) electrons. The zero-order valence-electron chi connectivity index (χ0n) is 7.23. The summed E-state index contributed by atoms with van der Waals surface area (Å²) >= 11 is 0. The van der Waals surface area contributed by atoms with Crippen LogP contribution in [0.15, 0.2) is 24.3 Å². The van der Waals surface area contributed by atoms with Gasteiger partial charge in [0.1, 0.15) is 0 Å². The Morgan fingerprint density at radius 2 is 1.85 bits per heavy atom. The molecule has 70 valence electrons. The molecule has 4 N–H and O–H groups in total. The molecule has 0 aromatic heterocycles. The number of benzene rings is 1. The first kappa shape index (κ1) is 9.50. The average molecular weight is 181 g/mol. The molecule has 0 aliphatic rings. The Labute approximate surface area is 75.8 Å². The molecule has 0 aliphatic heterocycles. The van der Waals surface area contributed by atoms with Gasteiger partial charge in [-0.2, -0.15) is 0 Å². The number of carbonyl (C=O) groups is 1. The fraction of sp³-hybridized carbons (Fsp3) is 0.125. The van der Waals surface area contributed by atoms with Gasteiger partial charge in [-0.15, -0.1) is 0 Å². The van der Waals surface area contributed by atoms with Crippen LogP contribution < -0.4 is 16.8 Å². The highest BCUT2D eigenvalue weighted by molar-refractivity contribution is 5.89. The van der Waals surface area contributed by atoms with Crippen LogP contribution in [-0.2, 0) is 4.74 Å². The summed E-state index contributed by atoms with van der Waals surface area (Å²) in [7, 11) is 1.33. The Kier molecular flexibility index (Phi) is 2.84. The van der Waals surface area contributed by atoms with Crippen molar-refractivity contribution in [2.45, 2.75) is 0 Å². The van der Waals surface area contributed by atoms with Gasteiger partial charge in [-0.3, -0.25) is 0 Å². The number of hydrazine groups is 2. The van der Waals surface area contributed by atoms with E-state index < -0.39 is 0 Å². The number of hydrogen-bond donors (Lipinski definition) is 2. The lowest BCUT2D eigenvalue weighted by Crippen LogP contribution is -2.37. The van der Waals surface area contributed by atoms with Crippen molar-refractivity contribution in [2.24, 2.45) is 11.7 Å². The molecule has 0 fully saturated rings. The van der Waals surface area contributed by atoms with E-state index in [0.717, 1.165) is 5.12 Å². The summed E-state index contributed by atoms with van der Waals surface area (Å²) in [5, 5.41) is 0.973. The zero-order valence-corrected chi connectivity index (χ0v) is 7.23. The van der Waals surface area contributed by atoms with Gasteiger partial charge in [-0.25, -0.2) is 21.6 Å². The lowest BCUT2D eigenvalue weighted by molar-refractivity contribution is 0.0601. The van der Waals surface area contributed by atoms with Crippen LogP contribution in [0.1, 0.15) is 10.4 Å². The predicted octanol–water partition coefficient (Wildman–Crippen LogP) is 0.0270. The first-order chi connectivity index (χ1) is 6.15. The second kappa shape index (κ2) is 3.88. The summed E-state index contributed by atoms with van der Waals surface area (Å²) in [6.45, 7) is 0. The largest absolute Gasteiger partial charge is 0.465 e. The van der Waals surface area contributed by atoms with Crippen LogP contribution in [0.4, 0.5) is 5.69 Å². The quantitative estimate of drug-likeness (QED) is 0.382. The number of carbonyl (C=O) groups excluding carboxylic acids is 1. The molecule has 0 heterocycles. The summed E-state index contributed by atoms with van der Waals surface area (Å²) in [6.07, 6.45) is 0. The molecule has 0 bridgehead atoms. The predicted molar refractivity (Wildman–Crippen MR) is 48.6 cm³/mol. The van der Waals surface area contributed by atoms with Gasteiger partial charge < -0.3 is 4.74 Å². The van der Waals surface area contributed by atoms with E-state index in [2.05, 4.69) is 4.74 Å². The molecule has 13 heavy (non-hydrogen) atoms. The summed E-state index contributed by atoms with van der Waals surface area (Å²) in [6, 6.07) is 6.44. The number of anilines is 1. The molecular formula is C8H11N3O2. The van der Waals surface area contributed by atoms with Crippen LogP contribution in [0.3, 0.4) is 0 Å². The monoisotopic (exact) mass is 181 g/mol. The minimum Gasteiger partial charge on any atom is -0.465 e. The number of nitrogens with zero attached hydrogens (tertiary/aromatic N) is 1. The topological polar surface area (TPSA) is 81.6 Å². The molecule has 5 heteroatoms. The van der Waals surface area contributed by atoms with Crippen molar-refractivity contribution in [1.82, 2.24) is 0 Å². The Hall–Kier alpha value is -1.59. The van der Waals surface area contributed by atoms with Gasteiger partial charge in [0.25, 0.3) is 0 Å². The number of hydrogen-bond acceptors (Lipinski definition) is 5. The van der Waals surface area contributed by atoms with Crippen LogP contribution >= 0.6 is 0 Å². The fourth-order valence-corrected chi connectivity index (χ4v) is 0.887. The van der Waals surface area contributed by atoms with Crippen LogP contribution in [0.2, 0.25) is 0 Å². The first-order valence-electron chi connectivity index (χ1n) is 3.63. The van der Waals surface area contributed by atoms with Gasteiger partial charge in [0.15, 0.2) is 0 Å². The minimum absolute atomic E-state index is 0.382. The van der Waals surface area contributed by atoms with E-state index in [1.54, 1.807) is 24.3 Å². The molecule has 0 saturated heterocycles. The lowest BCUT2D eigenvalue weighted by atomic mass is 10.2. The van der Waals surface area contributed by atoms with Crippen molar-refractivity contribution in [1.29, 1.82) is 0 Å². The molecule has 1 aromatic rings. The third-order valence-electron chi connectivity index (χ3n) is 1.59. The van der Waals surface area contributed by atoms with Crippen LogP contribution in [0, 0.1) is 0 Å². The van der Waals surface area contributed by atoms with E-state index in [9.17, 15) is 4.79 Å². The highest BCUT2D eigenvalue weighted by Crippen LogP contribution is 2.10. The van der Waals surface area contributed by atoms with E-state index in [4.69, 9.17) is 11.7 Å². The molecular weight excluding hydrogens is 170 g/mol. The maximum atomic E-state index is 11.0. The fourth-order valence-electron chi connectivity index (χ4n) is 0.887. The van der Waals surface area contributed by atoms with Crippen molar-refractivity contribution < 1.29 is 9.53 Å². The van der Waals surface area contributed by atoms with Gasteiger partial charge in [0, 0.05) is 0 Å². The van der Waals surface area contributed by atoms with Crippen molar-refractivity contribution in [2.75, 3.05) is 12.2 Å². The standard InChI is InChI=1S/C8H11N3O2/c1-13-8(12)6-2-4-7(5-3-6)11(9)10/h2-5H,9-10H2,1H3. The highest BCUT2D eigenvalue weighted by atomic mass is 16.5. The van der Waals surface area contributed by atoms with Gasteiger partial charge in [-0.05, 0) is 24.3 Å². The van der Waals surface area contributed by atoms with E-state index in [1.165, 1.54) is 7.11 Å². The summed E-state index contributed by atoms with van der Waals surface area (Å²) < 4.78 is 4.52. The van der Waals surface area contributed by atoms with Crippen LogP contribution in [-0.4, -0.2) is 13.1 Å². The van der Waals surface area contributed by atoms with E-state index in [0.29, 0.717) is 11.3 Å². The minimum atomic E-state index is -0.382. The third kappa shape index (κ3) is 2.17. The molecule has 1 rings (SSSR count). The number of rotatable bonds is 2. The summed E-state index contributed by atoms with van der Waals surface area (Å²) in [5.74, 6) is 10.2. The van der Waals surface area contributed by atoms with Crippen molar-refractivity contribution in [3.8, 4) is 0 Å². The Balaban J connectivity index is 2.87. The molecule has 5 nitrogen and oxygen atoms in total. The molecule has 0 aliphatic carbocycles. The van der Waals surface area contributed by atoms with Gasteiger partial charge in [-0.1, -0.05) is 0 Å². The van der Waals surface area contributed by atoms with E-state index in [1.807, 2.05) is 0 Å². The van der Waals surface area contributed by atoms with Crippen LogP contribution in [0.25, 0.3) is 0 Å². The number of nitrogens with two attached hydrogens (primary N) is 2. The van der Waals surface area contributed by atoms with E-state index in [-0.39, 0.29) is 5.97 Å². The zero-order chi connectivity index (χ0) is 9.84. The highest BCUT2D eigenvalue weighted by Gasteiger charge is 2.04. The van der Waals surface area contributed by atoms with Crippen molar-refractivity contribution in [3.05, 3.63) is 29.8 Å². The Bertz CT molecular complexity index is 295. The maximum absolute atomic E-state index is 11.0. The Morgan fingerprint density at radius 3 is 2.23 bits per heavy atom. The van der Waals surface area contributed by atoms with Gasteiger partial charge in [0.2, 0.25) is 0 Å². The molecule has 0 saturated carbocycles. The van der Waals surface area contributed by atoms with Crippen molar-refractivity contribution in [3.63, 3.8) is 0 Å². The molecule has 0 unspecified atom stereocenters. The number of esters is 1. The van der Waals surface area contributed by atoms with E-state index >= 15 is 0 Å². The number of ether oxygens (including phenoxy) is 1. The third-order valence-corrected chi connectivity index (χ3v) is 1.59. The summed E-state index contributed by atoms with van der Waals surface area (Å²) in [4.78, 5) is 11.0. The molecule has 0 amide bonds. The normalized spacial score (nSPS) is 9.46. The summed E-state index contributed by atoms with van der Waals surface area (Å²) in [5.41, 5.74) is 1.08. The number of methoxy groups -OCH3 is 1. The molecule has 0 spiro atoms. The first-order valence-corrected chi connectivity index (χ1v) is 3.63.